The first-order chi connectivity index (χ1) is 20.4. The summed E-state index contributed by atoms with van der Waals surface area (Å²) in [6.45, 7) is 33.6. The van der Waals surface area contributed by atoms with Crippen LogP contribution in [0, 0.1) is 0 Å². The lowest BCUT2D eigenvalue weighted by atomic mass is 10.2. The maximum absolute atomic E-state index is 12.5. The minimum atomic E-state index is -1.99. The molecule has 0 spiro atoms. The van der Waals surface area contributed by atoms with E-state index in [2.05, 4.69) is 67.7 Å². The number of aliphatic hydroxyl groups excluding tert-OH is 1. The van der Waals surface area contributed by atoms with Crippen LogP contribution in [0.3, 0.4) is 0 Å². The molecule has 2 heterocycles. The second kappa shape index (κ2) is 15.3. The van der Waals surface area contributed by atoms with Crippen molar-refractivity contribution in [1.29, 1.82) is 0 Å². The number of likely N-dealkylation sites (tertiary alicyclic amines) is 2. The highest BCUT2D eigenvalue weighted by atomic mass is 28.4. The fourth-order valence-electron chi connectivity index (χ4n) is 4.63. The highest BCUT2D eigenvalue weighted by Gasteiger charge is 2.47. The molecule has 0 aromatic carbocycles. The van der Waals surface area contributed by atoms with Crippen molar-refractivity contribution >= 4 is 34.8 Å². The molecule has 11 nitrogen and oxygen atoms in total. The molecule has 2 fully saturated rings. The van der Waals surface area contributed by atoms with Gasteiger partial charge in [0.2, 0.25) is 0 Å². The van der Waals surface area contributed by atoms with Gasteiger partial charge in [-0.1, -0.05) is 41.5 Å². The van der Waals surface area contributed by atoms with Crippen LogP contribution in [0.5, 0.6) is 0 Å². The number of aliphatic hydroxyl groups is 1. The Morgan fingerprint density at radius 2 is 1.04 bits per heavy atom. The normalized spacial score (nSPS) is 23.1. The second-order valence-corrected chi connectivity index (χ2v) is 27.1. The Morgan fingerprint density at radius 3 is 1.39 bits per heavy atom. The Bertz CT molecular complexity index is 1040. The molecule has 0 aromatic rings. The van der Waals surface area contributed by atoms with Gasteiger partial charge in [-0.3, -0.25) is 4.90 Å². The van der Waals surface area contributed by atoms with Gasteiger partial charge in [0, 0.05) is 19.5 Å². The van der Waals surface area contributed by atoms with Crippen LogP contribution in [-0.2, 0) is 27.9 Å². The van der Waals surface area contributed by atoms with Gasteiger partial charge in [0.15, 0.2) is 16.6 Å². The Labute approximate surface area is 281 Å². The van der Waals surface area contributed by atoms with Crippen LogP contribution in [0.15, 0.2) is 0 Å². The van der Waals surface area contributed by atoms with E-state index in [1.807, 2.05) is 20.8 Å². The van der Waals surface area contributed by atoms with Crippen LogP contribution >= 0.6 is 0 Å². The predicted molar refractivity (Wildman–Crippen MR) is 186 cm³/mol. The molecular formula is C33H66N2O9Si2. The molecule has 2 rings (SSSR count). The number of methoxy groups -OCH3 is 1. The number of esters is 1. The Balaban J connectivity index is 0.000000462. The monoisotopic (exact) mass is 690 g/mol. The van der Waals surface area contributed by atoms with E-state index in [0.717, 1.165) is 0 Å². The summed E-state index contributed by atoms with van der Waals surface area (Å²) in [6.07, 6.45) is 0.0425. The zero-order valence-corrected chi connectivity index (χ0v) is 34.0. The highest BCUT2D eigenvalue weighted by Crippen LogP contribution is 2.40. The maximum atomic E-state index is 12.5. The maximum Gasteiger partial charge on any atom is 0.411 e. The van der Waals surface area contributed by atoms with Gasteiger partial charge in [-0.05, 0) is 84.2 Å². The number of rotatable bonds is 6. The van der Waals surface area contributed by atoms with E-state index < -0.39 is 45.9 Å². The Morgan fingerprint density at radius 1 is 0.674 bits per heavy atom. The van der Waals surface area contributed by atoms with Gasteiger partial charge < -0.3 is 33.1 Å². The van der Waals surface area contributed by atoms with E-state index in [1.165, 1.54) is 12.0 Å². The molecule has 0 aliphatic carbocycles. The minimum absolute atomic E-state index is 0.0226. The zero-order valence-electron chi connectivity index (χ0n) is 32.0. The van der Waals surface area contributed by atoms with E-state index in [0.29, 0.717) is 25.9 Å². The van der Waals surface area contributed by atoms with Crippen molar-refractivity contribution in [2.75, 3.05) is 26.8 Å². The van der Waals surface area contributed by atoms with Crippen LogP contribution in [-0.4, -0.2) is 112 Å². The number of carbonyl (C=O) groups excluding carboxylic acids is 3. The SMILES string of the molecule is CC(C)(C)OC(=O)N1C[C@@H](O[Si](C)(C)C(C)(C)C)C[C@H]1CO.COC(=O)[C@@H]1C[C@H](O[Si](C)(C)C(C)(C)C)CN1C(=O)OC(C)(C)C. The summed E-state index contributed by atoms with van der Waals surface area (Å²) in [5, 5.41) is 9.75. The average Bonchev–Trinajstić information content (AvgIpc) is 3.44. The van der Waals surface area contributed by atoms with E-state index in [9.17, 15) is 19.5 Å². The smallest absolute Gasteiger partial charge is 0.411 e. The number of amides is 2. The standard InChI is InChI=1S/C17H33NO5Si.C16H33NO4Si/c1-16(2,3)22-15(20)18-11-12(10-13(18)14(19)21-7)23-24(8,9)17(4,5)6;1-15(2,3)20-14(19)17-10-13(9-12(17)11-18)21-22(7,8)16(4,5)6/h12-13H,10-11H2,1-9H3;12-13,18H,9-11H2,1-8H3/t2*12-,13-/m00/s1. The van der Waals surface area contributed by atoms with Gasteiger partial charge in [0.05, 0.1) is 32.0 Å². The summed E-state index contributed by atoms with van der Waals surface area (Å²) in [5.74, 6) is -0.429. The number of hydrogen-bond donors (Lipinski definition) is 1. The lowest BCUT2D eigenvalue weighted by molar-refractivity contribution is -0.145. The number of ether oxygens (including phenoxy) is 3. The first-order valence-electron chi connectivity index (χ1n) is 16.5. The highest BCUT2D eigenvalue weighted by molar-refractivity contribution is 6.74. The fourth-order valence-corrected chi connectivity index (χ4v) is 7.34. The van der Waals surface area contributed by atoms with Gasteiger partial charge in [-0.15, -0.1) is 0 Å². The third-order valence-electron chi connectivity index (χ3n) is 9.11. The lowest BCUT2D eigenvalue weighted by Crippen LogP contribution is -2.45. The summed E-state index contributed by atoms with van der Waals surface area (Å²) in [7, 11) is -2.54. The van der Waals surface area contributed by atoms with Crippen molar-refractivity contribution in [1.82, 2.24) is 9.80 Å². The van der Waals surface area contributed by atoms with E-state index >= 15 is 0 Å². The molecule has 0 radical (unpaired) electrons. The van der Waals surface area contributed by atoms with Crippen molar-refractivity contribution in [3.63, 3.8) is 0 Å². The van der Waals surface area contributed by atoms with Crippen LogP contribution in [0.25, 0.3) is 0 Å². The number of hydrogen-bond acceptors (Lipinski definition) is 9. The summed E-state index contributed by atoms with van der Waals surface area (Å²) in [5.41, 5.74) is -1.15. The van der Waals surface area contributed by atoms with E-state index in [1.54, 1.807) is 25.7 Å². The average molecular weight is 691 g/mol. The molecule has 2 amide bonds. The number of carbonyl (C=O) groups is 3. The minimum Gasteiger partial charge on any atom is -0.467 e. The fraction of sp³-hybridized carbons (Fsp3) is 0.909. The first-order valence-corrected chi connectivity index (χ1v) is 22.3. The van der Waals surface area contributed by atoms with E-state index in [4.69, 9.17) is 23.1 Å². The lowest BCUT2D eigenvalue weighted by Gasteiger charge is -2.38. The molecule has 0 unspecified atom stereocenters. The zero-order chi connectivity index (χ0) is 36.3. The van der Waals surface area contributed by atoms with Gasteiger partial charge in [0.1, 0.15) is 17.2 Å². The molecule has 0 aromatic heterocycles. The predicted octanol–water partition coefficient (Wildman–Crippen LogP) is 6.94. The Hall–Kier alpha value is -1.68. The van der Waals surface area contributed by atoms with Crippen molar-refractivity contribution in [3.05, 3.63) is 0 Å². The molecule has 2 aliphatic rings. The summed E-state index contributed by atoms with van der Waals surface area (Å²) in [6, 6.07) is -0.871. The molecule has 46 heavy (non-hydrogen) atoms. The van der Waals surface area contributed by atoms with Gasteiger partial charge in [0.25, 0.3) is 0 Å². The topological polar surface area (TPSA) is 124 Å². The van der Waals surface area contributed by atoms with Gasteiger partial charge >= 0.3 is 18.2 Å². The van der Waals surface area contributed by atoms with Crippen molar-refractivity contribution in [2.24, 2.45) is 0 Å². The molecule has 1 N–H and O–H groups in total. The summed E-state index contributed by atoms with van der Waals surface area (Å²) in [4.78, 5) is 39.9. The molecule has 0 saturated carbocycles. The molecule has 13 heteroatoms. The van der Waals surface area contributed by atoms with Crippen LogP contribution in [0.2, 0.25) is 36.3 Å². The molecule has 0 bridgehead atoms. The Kier molecular flexibility index (Phi) is 14.0. The molecule has 270 valence electrons. The van der Waals surface area contributed by atoms with Crippen LogP contribution < -0.4 is 0 Å². The van der Waals surface area contributed by atoms with Gasteiger partial charge in [-0.2, -0.15) is 0 Å². The molecule has 4 atom stereocenters. The van der Waals surface area contributed by atoms with Crippen molar-refractivity contribution in [2.45, 2.75) is 168 Å². The molecule has 2 saturated heterocycles. The quantitative estimate of drug-likeness (QED) is 0.179. The third-order valence-corrected chi connectivity index (χ3v) is 18.2. The second-order valence-electron chi connectivity index (χ2n) is 17.6. The van der Waals surface area contributed by atoms with E-state index in [-0.39, 0.29) is 41.0 Å². The molecular weight excluding hydrogens is 625 g/mol. The summed E-state index contributed by atoms with van der Waals surface area (Å²) >= 11 is 0. The van der Waals surface area contributed by atoms with Crippen molar-refractivity contribution < 1.29 is 42.6 Å². The van der Waals surface area contributed by atoms with Crippen LogP contribution in [0.4, 0.5) is 9.59 Å². The molecule has 2 aliphatic heterocycles. The number of nitrogens with zero attached hydrogens (tertiary/aromatic N) is 2. The largest absolute Gasteiger partial charge is 0.467 e. The van der Waals surface area contributed by atoms with Gasteiger partial charge in [-0.25, -0.2) is 14.4 Å². The third kappa shape index (κ3) is 12.4. The summed E-state index contributed by atoms with van der Waals surface area (Å²) < 4.78 is 28.5. The van der Waals surface area contributed by atoms with Crippen LogP contribution in [0.1, 0.15) is 95.9 Å². The first kappa shape index (κ1) is 42.3. The van der Waals surface area contributed by atoms with Crippen molar-refractivity contribution in [3.8, 4) is 0 Å².